The summed E-state index contributed by atoms with van der Waals surface area (Å²) >= 11 is 3.13. The third kappa shape index (κ3) is 3.30. The Bertz CT molecular complexity index is 683. The Kier molecular flexibility index (Phi) is 4.77. The number of nitrogens with one attached hydrogen (secondary N) is 2. The minimum Gasteiger partial charge on any atom is -0.350 e. The molecule has 1 aromatic heterocycles. The molecule has 122 valence electrons. The Labute approximate surface area is 142 Å². The van der Waals surface area contributed by atoms with Gasteiger partial charge in [0, 0.05) is 18.9 Å². The molecule has 0 saturated carbocycles. The summed E-state index contributed by atoms with van der Waals surface area (Å²) in [6.45, 7) is 1.82. The smallest absolute Gasteiger partial charge is 0.248 e. The number of hydrogen-bond donors (Lipinski definition) is 2. The van der Waals surface area contributed by atoms with Crippen LogP contribution in [0.4, 0.5) is 4.39 Å². The van der Waals surface area contributed by atoms with Crippen molar-refractivity contribution in [1.82, 2.24) is 20.4 Å². The third-order valence-corrected chi connectivity index (χ3v) is 4.88. The Balaban J connectivity index is 1.75. The zero-order chi connectivity index (χ0) is 16.3. The maximum atomic E-state index is 13.6. The minimum absolute atomic E-state index is 0.0778. The molecule has 0 spiro atoms. The molecule has 2 heterocycles. The van der Waals surface area contributed by atoms with E-state index in [2.05, 4.69) is 31.7 Å². The number of carbonyl (C=O) groups excluding carboxylic acids is 1. The molecular formula is C16H18BrFN4O. The summed E-state index contributed by atoms with van der Waals surface area (Å²) in [7, 11) is 0. The van der Waals surface area contributed by atoms with Crippen LogP contribution in [0.15, 0.2) is 41.1 Å². The number of nitrogens with zero attached hydrogens (tertiary/aromatic N) is 2. The van der Waals surface area contributed by atoms with Crippen molar-refractivity contribution < 1.29 is 9.18 Å². The van der Waals surface area contributed by atoms with Gasteiger partial charge in [0.2, 0.25) is 5.91 Å². The van der Waals surface area contributed by atoms with E-state index >= 15 is 0 Å². The van der Waals surface area contributed by atoms with Crippen LogP contribution in [0, 0.1) is 5.82 Å². The van der Waals surface area contributed by atoms with E-state index in [0.717, 1.165) is 18.7 Å². The highest BCUT2D eigenvalue weighted by atomic mass is 79.9. The van der Waals surface area contributed by atoms with Gasteiger partial charge < -0.3 is 10.6 Å². The third-order valence-electron chi connectivity index (χ3n) is 4.23. The lowest BCUT2D eigenvalue weighted by Gasteiger charge is -2.36. The summed E-state index contributed by atoms with van der Waals surface area (Å²) in [6.07, 6.45) is 4.86. The largest absolute Gasteiger partial charge is 0.350 e. The van der Waals surface area contributed by atoms with Crippen LogP contribution in [0.2, 0.25) is 0 Å². The number of aromatic nitrogens is 2. The van der Waals surface area contributed by atoms with E-state index in [9.17, 15) is 9.18 Å². The highest BCUT2D eigenvalue weighted by Gasteiger charge is 2.41. The van der Waals surface area contributed by atoms with Gasteiger partial charge in [-0.15, -0.1) is 0 Å². The van der Waals surface area contributed by atoms with Gasteiger partial charge in [-0.05, 0) is 65.6 Å². The summed E-state index contributed by atoms with van der Waals surface area (Å²) in [6, 6.07) is 6.68. The first-order valence-electron chi connectivity index (χ1n) is 7.55. The first-order valence-corrected chi connectivity index (χ1v) is 8.34. The van der Waals surface area contributed by atoms with Gasteiger partial charge in [0.15, 0.2) is 0 Å². The summed E-state index contributed by atoms with van der Waals surface area (Å²) in [5, 5.41) is 10.5. The van der Waals surface area contributed by atoms with Crippen LogP contribution in [0.3, 0.4) is 0 Å². The first-order chi connectivity index (χ1) is 11.1. The fraction of sp³-hybridized carbons (Fsp3) is 0.375. The van der Waals surface area contributed by atoms with Crippen molar-refractivity contribution in [2.75, 3.05) is 13.1 Å². The molecule has 2 aromatic rings. The SMILES string of the molecule is O=C(NCc1ccc(Br)c(F)c1)C1(n2cccn2)CCNCC1. The van der Waals surface area contributed by atoms with Gasteiger partial charge in [-0.2, -0.15) is 5.10 Å². The van der Waals surface area contributed by atoms with Crippen LogP contribution in [0.1, 0.15) is 18.4 Å². The number of hydrogen-bond acceptors (Lipinski definition) is 3. The van der Waals surface area contributed by atoms with Gasteiger partial charge in [0.25, 0.3) is 0 Å². The number of carbonyl (C=O) groups is 1. The minimum atomic E-state index is -0.678. The molecule has 1 fully saturated rings. The molecule has 0 unspecified atom stereocenters. The Morgan fingerprint density at radius 3 is 2.87 bits per heavy atom. The second-order valence-electron chi connectivity index (χ2n) is 5.66. The van der Waals surface area contributed by atoms with Crippen molar-refractivity contribution in [2.24, 2.45) is 0 Å². The summed E-state index contributed by atoms with van der Waals surface area (Å²) in [4.78, 5) is 12.8. The fourth-order valence-corrected chi connectivity index (χ4v) is 3.17. The quantitative estimate of drug-likeness (QED) is 0.854. The molecule has 7 heteroatoms. The molecule has 1 saturated heterocycles. The van der Waals surface area contributed by atoms with E-state index in [1.807, 2.05) is 12.3 Å². The molecule has 1 aliphatic rings. The second kappa shape index (κ2) is 6.80. The monoisotopic (exact) mass is 380 g/mol. The van der Waals surface area contributed by atoms with Crippen LogP contribution in [0.25, 0.3) is 0 Å². The molecule has 0 bridgehead atoms. The standard InChI is InChI=1S/C16H18BrFN4O/c17-13-3-2-12(10-14(13)18)11-20-15(23)16(4-7-19-8-5-16)22-9-1-6-21-22/h1-3,6,9-10,19H,4-5,7-8,11H2,(H,20,23). The zero-order valence-electron chi connectivity index (χ0n) is 12.6. The van der Waals surface area contributed by atoms with Crippen molar-refractivity contribution in [2.45, 2.75) is 24.9 Å². The number of halogens is 2. The summed E-state index contributed by atoms with van der Waals surface area (Å²) in [5.41, 5.74) is 0.0476. The van der Waals surface area contributed by atoms with Gasteiger partial charge in [0.1, 0.15) is 11.4 Å². The van der Waals surface area contributed by atoms with E-state index in [-0.39, 0.29) is 11.7 Å². The van der Waals surface area contributed by atoms with Crippen LogP contribution in [-0.2, 0) is 16.9 Å². The van der Waals surface area contributed by atoms with Gasteiger partial charge in [0.05, 0.1) is 4.47 Å². The molecular weight excluding hydrogens is 363 g/mol. The molecule has 5 nitrogen and oxygen atoms in total. The zero-order valence-corrected chi connectivity index (χ0v) is 14.1. The van der Waals surface area contributed by atoms with Gasteiger partial charge in [-0.3, -0.25) is 9.48 Å². The van der Waals surface area contributed by atoms with Crippen LogP contribution < -0.4 is 10.6 Å². The molecule has 0 aliphatic carbocycles. The molecule has 0 atom stereocenters. The number of piperidine rings is 1. The predicted octanol–water partition coefficient (Wildman–Crippen LogP) is 2.18. The van der Waals surface area contributed by atoms with Crippen LogP contribution >= 0.6 is 15.9 Å². The van der Waals surface area contributed by atoms with Crippen molar-refractivity contribution in [3.05, 3.63) is 52.5 Å². The van der Waals surface area contributed by atoms with Gasteiger partial charge >= 0.3 is 0 Å². The average Bonchev–Trinajstić information content (AvgIpc) is 3.11. The fourth-order valence-electron chi connectivity index (χ4n) is 2.92. The number of amides is 1. The molecule has 1 aliphatic heterocycles. The molecule has 23 heavy (non-hydrogen) atoms. The topological polar surface area (TPSA) is 59.0 Å². The van der Waals surface area contributed by atoms with E-state index in [0.29, 0.717) is 23.9 Å². The Morgan fingerprint density at radius 1 is 1.43 bits per heavy atom. The first kappa shape index (κ1) is 16.1. The number of rotatable bonds is 4. The highest BCUT2D eigenvalue weighted by Crippen LogP contribution is 2.27. The van der Waals surface area contributed by atoms with Crippen molar-refractivity contribution in [3.8, 4) is 0 Å². The maximum absolute atomic E-state index is 13.6. The lowest BCUT2D eigenvalue weighted by molar-refractivity contribution is -0.132. The van der Waals surface area contributed by atoms with Crippen LogP contribution in [-0.4, -0.2) is 28.8 Å². The van der Waals surface area contributed by atoms with E-state index in [1.54, 1.807) is 23.0 Å². The average molecular weight is 381 g/mol. The lowest BCUT2D eigenvalue weighted by Crippen LogP contribution is -2.54. The Morgan fingerprint density at radius 2 is 2.22 bits per heavy atom. The van der Waals surface area contributed by atoms with Crippen molar-refractivity contribution >= 4 is 21.8 Å². The lowest BCUT2D eigenvalue weighted by atomic mass is 9.87. The molecule has 2 N–H and O–H groups in total. The second-order valence-corrected chi connectivity index (χ2v) is 6.52. The van der Waals surface area contributed by atoms with Gasteiger partial charge in [-0.25, -0.2) is 4.39 Å². The van der Waals surface area contributed by atoms with Crippen molar-refractivity contribution in [1.29, 1.82) is 0 Å². The Hall–Kier alpha value is -1.73. The number of benzene rings is 1. The molecule has 0 radical (unpaired) electrons. The van der Waals surface area contributed by atoms with Gasteiger partial charge in [-0.1, -0.05) is 6.07 Å². The normalized spacial score (nSPS) is 17.0. The predicted molar refractivity (Wildman–Crippen MR) is 88.3 cm³/mol. The van der Waals surface area contributed by atoms with E-state index < -0.39 is 5.54 Å². The van der Waals surface area contributed by atoms with Crippen LogP contribution in [0.5, 0.6) is 0 Å². The van der Waals surface area contributed by atoms with E-state index in [1.165, 1.54) is 6.07 Å². The molecule has 1 amide bonds. The summed E-state index contributed by atoms with van der Waals surface area (Å²) in [5.74, 6) is -0.411. The van der Waals surface area contributed by atoms with E-state index in [4.69, 9.17) is 0 Å². The molecule has 1 aromatic carbocycles. The van der Waals surface area contributed by atoms with Crippen molar-refractivity contribution in [3.63, 3.8) is 0 Å². The maximum Gasteiger partial charge on any atom is 0.248 e. The highest BCUT2D eigenvalue weighted by molar-refractivity contribution is 9.10. The summed E-state index contributed by atoms with van der Waals surface area (Å²) < 4.78 is 15.7. The molecule has 3 rings (SSSR count).